The number of methoxy groups -OCH3 is 1. The fourth-order valence-corrected chi connectivity index (χ4v) is 4.51. The van der Waals surface area contributed by atoms with Gasteiger partial charge in [0.05, 0.1) is 24.2 Å². The molecule has 1 aromatic carbocycles. The second-order valence-electron chi connectivity index (χ2n) is 6.24. The normalized spacial score (nSPS) is 11.3. The number of rotatable bonds is 7. The van der Waals surface area contributed by atoms with Gasteiger partial charge in [-0.2, -0.15) is 0 Å². The molecule has 1 N–H and O–H groups in total. The van der Waals surface area contributed by atoms with Crippen molar-refractivity contribution in [1.82, 2.24) is 4.31 Å². The molecule has 9 nitrogen and oxygen atoms in total. The molecule has 0 spiro atoms. The second-order valence-corrected chi connectivity index (χ2v) is 9.41. The zero-order valence-corrected chi connectivity index (χ0v) is 18.8. The van der Waals surface area contributed by atoms with Crippen LogP contribution in [-0.2, 0) is 19.5 Å². The molecule has 0 aliphatic carbocycles. The summed E-state index contributed by atoms with van der Waals surface area (Å²) in [7, 11) is 0.404. The van der Waals surface area contributed by atoms with E-state index in [1.807, 2.05) is 0 Å². The number of carbonyl (C=O) groups excluding carboxylic acids is 3. The van der Waals surface area contributed by atoms with E-state index in [0.717, 1.165) is 15.6 Å². The topological polar surface area (TPSA) is 119 Å². The summed E-state index contributed by atoms with van der Waals surface area (Å²) in [4.78, 5) is 37.2. The highest BCUT2D eigenvalue weighted by Gasteiger charge is 2.27. The molecule has 0 bridgehead atoms. The Morgan fingerprint density at radius 2 is 1.70 bits per heavy atom. The van der Waals surface area contributed by atoms with Crippen molar-refractivity contribution < 1.29 is 32.3 Å². The number of hydrogen-bond donors (Lipinski definition) is 1. The maximum absolute atomic E-state index is 12.7. The molecule has 0 aliphatic rings. The van der Waals surface area contributed by atoms with E-state index in [2.05, 4.69) is 5.32 Å². The van der Waals surface area contributed by atoms with Crippen LogP contribution in [0.3, 0.4) is 0 Å². The van der Waals surface area contributed by atoms with Gasteiger partial charge in [0.15, 0.2) is 0 Å². The van der Waals surface area contributed by atoms with E-state index in [4.69, 9.17) is 9.47 Å². The Morgan fingerprint density at radius 3 is 2.20 bits per heavy atom. The Bertz CT molecular complexity index is 1070. The van der Waals surface area contributed by atoms with Crippen LogP contribution in [0.5, 0.6) is 0 Å². The average molecular weight is 455 g/mol. The van der Waals surface area contributed by atoms with Gasteiger partial charge < -0.3 is 14.8 Å². The van der Waals surface area contributed by atoms with Gasteiger partial charge in [0.2, 0.25) is 10.0 Å². The van der Waals surface area contributed by atoms with Crippen LogP contribution in [0, 0.1) is 6.92 Å². The first kappa shape index (κ1) is 23.5. The van der Waals surface area contributed by atoms with Crippen LogP contribution in [0.4, 0.5) is 5.00 Å². The van der Waals surface area contributed by atoms with Crippen LogP contribution in [-0.4, -0.2) is 58.4 Å². The summed E-state index contributed by atoms with van der Waals surface area (Å²) >= 11 is 0.897. The fourth-order valence-electron chi connectivity index (χ4n) is 2.50. The molecule has 11 heteroatoms. The van der Waals surface area contributed by atoms with Crippen molar-refractivity contribution in [1.29, 1.82) is 0 Å². The molecule has 2 rings (SSSR count). The molecular formula is C19H22N2O7S2. The maximum Gasteiger partial charge on any atom is 0.348 e. The van der Waals surface area contributed by atoms with Crippen LogP contribution in [0.2, 0.25) is 0 Å². The predicted octanol–water partition coefficient (Wildman–Crippen LogP) is 2.52. The minimum Gasteiger partial charge on any atom is -0.465 e. The largest absolute Gasteiger partial charge is 0.465 e. The number of esters is 2. The average Bonchev–Trinajstić information content (AvgIpc) is 3.03. The van der Waals surface area contributed by atoms with Gasteiger partial charge in [-0.05, 0) is 43.7 Å². The summed E-state index contributed by atoms with van der Waals surface area (Å²) in [6.45, 7) is 3.32. The summed E-state index contributed by atoms with van der Waals surface area (Å²) in [6, 6.07) is 5.35. The minimum atomic E-state index is -3.63. The molecule has 0 atom stereocenters. The summed E-state index contributed by atoms with van der Waals surface area (Å²) < 4.78 is 35.1. The molecule has 1 heterocycles. The first-order valence-electron chi connectivity index (χ1n) is 8.77. The molecule has 2 aromatic rings. The van der Waals surface area contributed by atoms with Crippen molar-refractivity contribution >= 4 is 44.2 Å². The predicted molar refractivity (Wildman–Crippen MR) is 112 cm³/mol. The van der Waals surface area contributed by atoms with Crippen molar-refractivity contribution in [2.24, 2.45) is 0 Å². The van der Waals surface area contributed by atoms with Crippen LogP contribution in [0.15, 0.2) is 29.2 Å². The number of hydrogen-bond acceptors (Lipinski definition) is 8. The van der Waals surface area contributed by atoms with Crippen molar-refractivity contribution in [3.63, 3.8) is 0 Å². The molecular weight excluding hydrogens is 432 g/mol. The molecule has 0 saturated carbocycles. The quantitative estimate of drug-likeness (QED) is 0.639. The Morgan fingerprint density at radius 1 is 1.10 bits per heavy atom. The van der Waals surface area contributed by atoms with E-state index in [0.29, 0.717) is 5.56 Å². The van der Waals surface area contributed by atoms with Gasteiger partial charge in [-0.25, -0.2) is 22.3 Å². The van der Waals surface area contributed by atoms with Crippen LogP contribution < -0.4 is 5.32 Å². The summed E-state index contributed by atoms with van der Waals surface area (Å²) in [6.07, 6.45) is 0. The highest BCUT2D eigenvalue weighted by molar-refractivity contribution is 7.89. The molecule has 1 aromatic heterocycles. The third kappa shape index (κ3) is 4.69. The van der Waals surface area contributed by atoms with E-state index in [1.165, 1.54) is 45.5 Å². The molecule has 1 amide bonds. The lowest BCUT2D eigenvalue weighted by molar-refractivity contribution is 0.0527. The van der Waals surface area contributed by atoms with Gasteiger partial charge in [0, 0.05) is 19.7 Å². The third-order valence-corrected chi connectivity index (χ3v) is 7.14. The number of anilines is 1. The number of nitrogens with zero attached hydrogens (tertiary/aromatic N) is 1. The van der Waals surface area contributed by atoms with Crippen molar-refractivity contribution in [3.8, 4) is 0 Å². The van der Waals surface area contributed by atoms with E-state index < -0.39 is 27.9 Å². The maximum atomic E-state index is 12.7. The number of nitrogens with one attached hydrogen (secondary N) is 1. The molecule has 0 fully saturated rings. The zero-order chi connectivity index (χ0) is 22.6. The second kappa shape index (κ2) is 9.37. The Kier molecular flexibility index (Phi) is 7.34. The van der Waals surface area contributed by atoms with Crippen molar-refractivity contribution in [2.45, 2.75) is 18.7 Å². The minimum absolute atomic E-state index is 0.0382. The third-order valence-electron chi connectivity index (χ3n) is 4.12. The van der Waals surface area contributed by atoms with E-state index in [1.54, 1.807) is 13.8 Å². The highest BCUT2D eigenvalue weighted by Crippen LogP contribution is 2.34. The SMILES string of the molecule is CCOC(=O)c1c(NC(=O)c2ccc(S(=O)(=O)N(C)C)cc2)sc(C(=O)OC)c1C. The lowest BCUT2D eigenvalue weighted by Crippen LogP contribution is -2.22. The van der Waals surface area contributed by atoms with Gasteiger partial charge >= 0.3 is 11.9 Å². The smallest absolute Gasteiger partial charge is 0.348 e. The molecule has 162 valence electrons. The van der Waals surface area contributed by atoms with Crippen LogP contribution in [0.25, 0.3) is 0 Å². The number of amides is 1. The first-order chi connectivity index (χ1) is 14.0. The number of carbonyl (C=O) groups is 3. The monoisotopic (exact) mass is 454 g/mol. The summed E-state index contributed by atoms with van der Waals surface area (Å²) in [5, 5.41) is 2.74. The van der Waals surface area contributed by atoms with Crippen LogP contribution in [0.1, 0.15) is 42.9 Å². The van der Waals surface area contributed by atoms with Gasteiger partial charge in [0.25, 0.3) is 5.91 Å². The highest BCUT2D eigenvalue weighted by atomic mass is 32.2. The Balaban J connectivity index is 2.38. The van der Waals surface area contributed by atoms with Crippen molar-refractivity contribution in [3.05, 3.63) is 45.8 Å². The first-order valence-corrected chi connectivity index (χ1v) is 11.0. The Labute approximate surface area is 178 Å². The zero-order valence-electron chi connectivity index (χ0n) is 17.1. The molecule has 0 radical (unpaired) electrons. The van der Waals surface area contributed by atoms with Crippen molar-refractivity contribution in [2.75, 3.05) is 33.1 Å². The molecule has 0 saturated heterocycles. The summed E-state index contributed by atoms with van der Waals surface area (Å²) in [5.74, 6) is -1.89. The molecule has 0 unspecified atom stereocenters. The van der Waals surface area contributed by atoms with Gasteiger partial charge in [-0.15, -0.1) is 11.3 Å². The number of thiophene rings is 1. The fraction of sp³-hybridized carbons (Fsp3) is 0.316. The number of benzene rings is 1. The van der Waals surface area contributed by atoms with Gasteiger partial charge in [0.1, 0.15) is 9.88 Å². The lowest BCUT2D eigenvalue weighted by Gasteiger charge is -2.11. The van der Waals surface area contributed by atoms with Crippen LogP contribution >= 0.6 is 11.3 Å². The lowest BCUT2D eigenvalue weighted by atomic mass is 10.1. The number of sulfonamides is 1. The standard InChI is InChI=1S/C19H22N2O7S2/c1-6-28-18(23)14-11(2)15(19(24)27-5)29-17(14)20-16(22)12-7-9-13(10-8-12)30(25,26)21(3)4/h7-10H,6H2,1-5H3,(H,20,22). The summed E-state index contributed by atoms with van der Waals surface area (Å²) in [5.41, 5.74) is 0.587. The van der Waals surface area contributed by atoms with E-state index in [-0.39, 0.29) is 32.5 Å². The van der Waals surface area contributed by atoms with Gasteiger partial charge in [-0.1, -0.05) is 0 Å². The van der Waals surface area contributed by atoms with E-state index >= 15 is 0 Å². The molecule has 0 aliphatic heterocycles. The molecule has 30 heavy (non-hydrogen) atoms. The van der Waals surface area contributed by atoms with Gasteiger partial charge in [-0.3, -0.25) is 4.79 Å². The number of ether oxygens (including phenoxy) is 2. The Hall–Kier alpha value is -2.76. The van der Waals surface area contributed by atoms with E-state index in [9.17, 15) is 22.8 Å².